The van der Waals surface area contributed by atoms with Crippen molar-refractivity contribution in [3.63, 3.8) is 0 Å². The molecule has 6 nitrogen and oxygen atoms in total. The molecule has 3 N–H and O–H groups in total. The number of nitrogens with zero attached hydrogens (tertiary/aromatic N) is 1. The van der Waals surface area contributed by atoms with Crippen LogP contribution in [-0.4, -0.2) is 41.9 Å². The highest BCUT2D eigenvalue weighted by atomic mass is 35.5. The molecule has 1 aliphatic rings. The van der Waals surface area contributed by atoms with Gasteiger partial charge < -0.3 is 20.4 Å². The second kappa shape index (κ2) is 7.68. The summed E-state index contributed by atoms with van der Waals surface area (Å²) in [6, 6.07) is 8.64. The van der Waals surface area contributed by atoms with Crippen molar-refractivity contribution in [2.45, 2.75) is 31.8 Å². The van der Waals surface area contributed by atoms with Gasteiger partial charge in [-0.2, -0.15) is 0 Å². The van der Waals surface area contributed by atoms with Gasteiger partial charge in [-0.25, -0.2) is 0 Å². The first-order chi connectivity index (χ1) is 11.0. The van der Waals surface area contributed by atoms with Crippen LogP contribution >= 0.6 is 12.4 Å². The summed E-state index contributed by atoms with van der Waals surface area (Å²) in [5.41, 5.74) is 6.34. The van der Waals surface area contributed by atoms with E-state index in [4.69, 9.17) is 10.2 Å². The number of hydrogen-bond acceptors (Lipinski definition) is 4. The van der Waals surface area contributed by atoms with Crippen molar-refractivity contribution in [1.29, 1.82) is 0 Å². The SMILES string of the molecule is C[C@@H](N)C(=O)N1CCCC(NC(=O)c2cc3ccccc3o2)C1.Cl. The van der Waals surface area contributed by atoms with Gasteiger partial charge in [0.1, 0.15) is 5.58 Å². The van der Waals surface area contributed by atoms with Gasteiger partial charge in [-0.05, 0) is 31.9 Å². The third-order valence-electron chi connectivity index (χ3n) is 4.11. The normalized spacial score (nSPS) is 18.8. The lowest BCUT2D eigenvalue weighted by atomic mass is 10.0. The number of nitrogens with one attached hydrogen (secondary N) is 1. The lowest BCUT2D eigenvalue weighted by Gasteiger charge is -2.33. The summed E-state index contributed by atoms with van der Waals surface area (Å²) in [7, 11) is 0. The minimum atomic E-state index is -0.514. The van der Waals surface area contributed by atoms with Crippen molar-refractivity contribution in [1.82, 2.24) is 10.2 Å². The van der Waals surface area contributed by atoms with Crippen LogP contribution < -0.4 is 11.1 Å². The molecule has 0 aliphatic carbocycles. The number of fused-ring (bicyclic) bond motifs is 1. The maximum Gasteiger partial charge on any atom is 0.287 e. The maximum absolute atomic E-state index is 12.4. The first kappa shape index (κ1) is 18.3. The largest absolute Gasteiger partial charge is 0.451 e. The lowest BCUT2D eigenvalue weighted by Crippen LogP contribution is -2.52. The van der Waals surface area contributed by atoms with E-state index in [2.05, 4.69) is 5.32 Å². The predicted molar refractivity (Wildman–Crippen MR) is 94.2 cm³/mol. The Kier molecular flexibility index (Phi) is 5.85. The molecule has 2 aromatic rings. The molecule has 0 bridgehead atoms. The van der Waals surface area contributed by atoms with Crippen LogP contribution in [0.3, 0.4) is 0 Å². The molecule has 1 fully saturated rings. The van der Waals surface area contributed by atoms with Crippen LogP contribution in [0, 0.1) is 0 Å². The molecule has 3 rings (SSSR count). The smallest absolute Gasteiger partial charge is 0.287 e. The first-order valence-corrected chi connectivity index (χ1v) is 7.88. The number of furan rings is 1. The Hall–Kier alpha value is -2.05. The molecule has 7 heteroatoms. The summed E-state index contributed by atoms with van der Waals surface area (Å²) in [5.74, 6) is -0.0316. The Labute approximate surface area is 146 Å². The Morgan fingerprint density at radius 2 is 2.12 bits per heavy atom. The summed E-state index contributed by atoms with van der Waals surface area (Å²) < 4.78 is 5.57. The van der Waals surface area contributed by atoms with E-state index in [1.807, 2.05) is 24.3 Å². The second-order valence-corrected chi connectivity index (χ2v) is 6.03. The molecule has 0 radical (unpaired) electrons. The van der Waals surface area contributed by atoms with E-state index in [-0.39, 0.29) is 30.3 Å². The molecule has 2 amide bonds. The minimum absolute atomic E-state index is 0. The summed E-state index contributed by atoms with van der Waals surface area (Å²) in [5, 5.41) is 3.85. The standard InChI is InChI=1S/C17H21N3O3.ClH/c1-11(18)17(22)20-8-4-6-13(10-20)19-16(21)15-9-12-5-2-3-7-14(12)23-15;/h2-3,5,7,9,11,13H,4,6,8,10,18H2,1H3,(H,19,21);1H/t11-,13?;/m1./s1. The maximum atomic E-state index is 12.4. The highest BCUT2D eigenvalue weighted by Gasteiger charge is 2.27. The summed E-state index contributed by atoms with van der Waals surface area (Å²) in [6.07, 6.45) is 1.69. The molecule has 1 unspecified atom stereocenters. The number of halogens is 1. The van der Waals surface area contributed by atoms with Crippen LogP contribution in [0.25, 0.3) is 11.0 Å². The zero-order valence-electron chi connectivity index (χ0n) is 13.5. The van der Waals surface area contributed by atoms with Crippen LogP contribution in [0.1, 0.15) is 30.3 Å². The average Bonchev–Trinajstić information content (AvgIpc) is 2.98. The number of para-hydroxylation sites is 1. The van der Waals surface area contributed by atoms with Crippen LogP contribution in [0.5, 0.6) is 0 Å². The number of likely N-dealkylation sites (tertiary alicyclic amines) is 1. The molecule has 2 atom stereocenters. The number of piperidine rings is 1. The molecular weight excluding hydrogens is 330 g/mol. The van der Waals surface area contributed by atoms with E-state index in [0.717, 1.165) is 18.2 Å². The fraction of sp³-hybridized carbons (Fsp3) is 0.412. The molecule has 0 saturated carbocycles. The topological polar surface area (TPSA) is 88.6 Å². The quantitative estimate of drug-likeness (QED) is 0.884. The lowest BCUT2D eigenvalue weighted by molar-refractivity contribution is -0.133. The zero-order chi connectivity index (χ0) is 16.4. The number of nitrogens with two attached hydrogens (primary N) is 1. The monoisotopic (exact) mass is 351 g/mol. The summed E-state index contributed by atoms with van der Waals surface area (Å²) in [6.45, 7) is 2.86. The van der Waals surface area contributed by atoms with Crippen LogP contribution in [0.4, 0.5) is 0 Å². The van der Waals surface area contributed by atoms with Gasteiger partial charge >= 0.3 is 0 Å². The van der Waals surface area contributed by atoms with E-state index >= 15 is 0 Å². The van der Waals surface area contributed by atoms with Crippen LogP contribution in [0.2, 0.25) is 0 Å². The molecule has 0 spiro atoms. The fourth-order valence-electron chi connectivity index (χ4n) is 2.93. The van der Waals surface area contributed by atoms with Gasteiger partial charge in [-0.1, -0.05) is 18.2 Å². The predicted octanol–water partition coefficient (Wildman–Crippen LogP) is 1.92. The van der Waals surface area contributed by atoms with Gasteiger partial charge in [0, 0.05) is 24.5 Å². The van der Waals surface area contributed by atoms with Crippen molar-refractivity contribution in [3.8, 4) is 0 Å². The number of benzene rings is 1. The third-order valence-corrected chi connectivity index (χ3v) is 4.11. The number of carbonyl (C=O) groups excluding carboxylic acids is 2. The van der Waals surface area contributed by atoms with Gasteiger partial charge in [0.15, 0.2) is 5.76 Å². The Morgan fingerprint density at radius 3 is 2.83 bits per heavy atom. The molecule has 1 aliphatic heterocycles. The second-order valence-electron chi connectivity index (χ2n) is 6.03. The zero-order valence-corrected chi connectivity index (χ0v) is 14.3. The van der Waals surface area contributed by atoms with Crippen LogP contribution in [0.15, 0.2) is 34.7 Å². The molecule has 2 heterocycles. The van der Waals surface area contributed by atoms with Crippen molar-refractivity contribution < 1.29 is 14.0 Å². The van der Waals surface area contributed by atoms with E-state index < -0.39 is 6.04 Å². The highest BCUT2D eigenvalue weighted by Crippen LogP contribution is 2.19. The minimum Gasteiger partial charge on any atom is -0.451 e. The molecular formula is C17H22ClN3O3. The van der Waals surface area contributed by atoms with Crippen molar-refractivity contribution >= 4 is 35.2 Å². The molecule has 1 saturated heterocycles. The van der Waals surface area contributed by atoms with Crippen molar-refractivity contribution in [2.75, 3.05) is 13.1 Å². The van der Waals surface area contributed by atoms with E-state index in [9.17, 15) is 9.59 Å². The first-order valence-electron chi connectivity index (χ1n) is 7.88. The van der Waals surface area contributed by atoms with E-state index in [0.29, 0.717) is 24.4 Å². The van der Waals surface area contributed by atoms with Crippen LogP contribution in [-0.2, 0) is 4.79 Å². The Morgan fingerprint density at radius 1 is 1.38 bits per heavy atom. The van der Waals surface area contributed by atoms with Gasteiger partial charge in [0.05, 0.1) is 6.04 Å². The van der Waals surface area contributed by atoms with Gasteiger partial charge in [0.25, 0.3) is 5.91 Å². The summed E-state index contributed by atoms with van der Waals surface area (Å²) >= 11 is 0. The Balaban J connectivity index is 0.00000208. The van der Waals surface area contributed by atoms with Gasteiger partial charge in [-0.3, -0.25) is 9.59 Å². The number of carbonyl (C=O) groups is 2. The molecule has 1 aromatic heterocycles. The van der Waals surface area contributed by atoms with E-state index in [1.54, 1.807) is 17.9 Å². The Bertz CT molecular complexity index is 696. The number of amides is 2. The number of hydrogen-bond donors (Lipinski definition) is 2. The van der Waals surface area contributed by atoms with Gasteiger partial charge in [-0.15, -0.1) is 12.4 Å². The molecule has 1 aromatic carbocycles. The third kappa shape index (κ3) is 3.88. The molecule has 130 valence electrons. The molecule has 24 heavy (non-hydrogen) atoms. The van der Waals surface area contributed by atoms with Crippen molar-refractivity contribution in [2.24, 2.45) is 5.73 Å². The number of rotatable bonds is 3. The average molecular weight is 352 g/mol. The summed E-state index contributed by atoms with van der Waals surface area (Å²) in [4.78, 5) is 26.1. The van der Waals surface area contributed by atoms with Crippen molar-refractivity contribution in [3.05, 3.63) is 36.1 Å². The fourth-order valence-corrected chi connectivity index (χ4v) is 2.93. The van der Waals surface area contributed by atoms with E-state index in [1.165, 1.54) is 0 Å². The van der Waals surface area contributed by atoms with Gasteiger partial charge in [0.2, 0.25) is 5.91 Å². The highest BCUT2D eigenvalue weighted by molar-refractivity contribution is 5.96.